The first-order valence-electron chi connectivity index (χ1n) is 13.1. The molecule has 2 heterocycles. The van der Waals surface area contributed by atoms with E-state index in [1.807, 2.05) is 0 Å². The summed E-state index contributed by atoms with van der Waals surface area (Å²) in [5.74, 6) is -5.42. The molecule has 2 N–H and O–H groups in total. The molecule has 2 aromatic heterocycles. The van der Waals surface area contributed by atoms with E-state index >= 15 is 0 Å². The molecule has 0 bridgehead atoms. The first kappa shape index (κ1) is 30.3. The van der Waals surface area contributed by atoms with Crippen LogP contribution in [0.5, 0.6) is 0 Å². The highest BCUT2D eigenvalue weighted by Crippen LogP contribution is 2.36. The fourth-order valence-corrected chi connectivity index (χ4v) is 5.08. The Morgan fingerprint density at radius 3 is 2.41 bits per heavy atom. The largest absolute Gasteiger partial charge is 0.435 e. The zero-order valence-corrected chi connectivity index (χ0v) is 22.6. The van der Waals surface area contributed by atoms with Crippen molar-refractivity contribution in [1.29, 1.82) is 0 Å². The van der Waals surface area contributed by atoms with E-state index in [1.165, 1.54) is 24.4 Å². The fourth-order valence-electron chi connectivity index (χ4n) is 5.08. The molecule has 1 aliphatic rings. The number of Topliss-reactive ketones (excluding diaryl/α,β-unsaturated/α-hetero) is 1. The molecule has 8 nitrogen and oxygen atoms in total. The lowest BCUT2D eigenvalue weighted by molar-refractivity contribution is -0.142. The van der Waals surface area contributed by atoms with Crippen molar-refractivity contribution in [1.82, 2.24) is 14.8 Å². The average molecular weight is 614 g/mol. The standard InChI is InChI=1S/C30H21F6N5O3/c31-17-9-15(10-18(32)13-17)11-23(26-19(4-2-8-38-26)16-6-7-22(33)21(12-16)29(37)44)39-25(43)14-41-27-20(3-1-5-24(27)42)28(40-41)30(34,35)36/h2,4,6-10,12-13H,1,3,5,11,14H2,(H2,37,44). The van der Waals surface area contributed by atoms with E-state index in [1.54, 1.807) is 0 Å². The van der Waals surface area contributed by atoms with Crippen molar-refractivity contribution in [3.63, 3.8) is 0 Å². The molecular weight excluding hydrogens is 592 g/mol. The number of carbonyl (C=O) groups is 3. The van der Waals surface area contributed by atoms with Crippen molar-refractivity contribution in [2.75, 3.05) is 0 Å². The summed E-state index contributed by atoms with van der Waals surface area (Å²) in [7, 11) is 0. The normalized spacial score (nSPS) is 13.6. The maximum atomic E-state index is 14.2. The second kappa shape index (κ2) is 11.9. The van der Waals surface area contributed by atoms with E-state index in [9.17, 15) is 40.7 Å². The number of aliphatic imine (C=N–C) groups is 1. The van der Waals surface area contributed by atoms with E-state index in [-0.39, 0.29) is 65.0 Å². The number of rotatable bonds is 7. The van der Waals surface area contributed by atoms with Gasteiger partial charge >= 0.3 is 6.18 Å². The summed E-state index contributed by atoms with van der Waals surface area (Å²) in [6.45, 7) is -0.851. The Labute approximate surface area is 245 Å². The molecule has 0 fully saturated rings. The molecule has 14 heteroatoms. The summed E-state index contributed by atoms with van der Waals surface area (Å²) in [5.41, 5.74) is 3.27. The van der Waals surface area contributed by atoms with E-state index in [4.69, 9.17) is 5.73 Å². The van der Waals surface area contributed by atoms with Gasteiger partial charge < -0.3 is 5.73 Å². The van der Waals surface area contributed by atoms with Crippen LogP contribution in [0.25, 0.3) is 11.1 Å². The molecule has 5 rings (SSSR count). The van der Waals surface area contributed by atoms with Crippen molar-refractivity contribution >= 4 is 23.3 Å². The molecule has 2 aromatic carbocycles. The zero-order chi connectivity index (χ0) is 31.8. The quantitative estimate of drug-likeness (QED) is 0.225. The average Bonchev–Trinajstić information content (AvgIpc) is 3.32. The molecule has 0 atom stereocenters. The first-order valence-corrected chi connectivity index (χ1v) is 13.1. The molecule has 0 saturated heterocycles. The zero-order valence-electron chi connectivity index (χ0n) is 22.6. The summed E-state index contributed by atoms with van der Waals surface area (Å²) in [6, 6.07) is 9.08. The summed E-state index contributed by atoms with van der Waals surface area (Å²) in [4.78, 5) is 45.9. The minimum atomic E-state index is -4.87. The predicted molar refractivity (Wildman–Crippen MR) is 144 cm³/mol. The van der Waals surface area contributed by atoms with Gasteiger partial charge in [-0.1, -0.05) is 12.1 Å². The van der Waals surface area contributed by atoms with Gasteiger partial charge in [-0.15, -0.1) is 0 Å². The van der Waals surface area contributed by atoms with Crippen LogP contribution in [0.3, 0.4) is 0 Å². The number of carbonyl (C=O) groups excluding carboxylic acids is 3. The summed E-state index contributed by atoms with van der Waals surface area (Å²) >= 11 is 0. The second-order valence-corrected chi connectivity index (χ2v) is 9.97. The lowest BCUT2D eigenvalue weighted by Crippen LogP contribution is -2.20. The van der Waals surface area contributed by atoms with Crippen LogP contribution in [-0.2, 0) is 30.4 Å². The number of hydrogen-bond donors (Lipinski definition) is 1. The highest BCUT2D eigenvalue weighted by atomic mass is 19.4. The van der Waals surface area contributed by atoms with E-state index in [2.05, 4.69) is 15.1 Å². The number of nitrogens with two attached hydrogens (primary N) is 1. The number of ketones is 1. The molecule has 0 saturated carbocycles. The van der Waals surface area contributed by atoms with Crippen LogP contribution in [0.1, 0.15) is 56.2 Å². The Bertz CT molecular complexity index is 1830. The van der Waals surface area contributed by atoms with Crippen molar-refractivity contribution < 1.29 is 40.7 Å². The van der Waals surface area contributed by atoms with Gasteiger partial charge in [-0.25, -0.2) is 18.2 Å². The number of halogens is 6. The highest BCUT2D eigenvalue weighted by Gasteiger charge is 2.41. The molecular formula is C30H21F6N5O3. The fraction of sp³-hybridized carbons (Fsp3) is 0.200. The van der Waals surface area contributed by atoms with Crippen LogP contribution >= 0.6 is 0 Å². The van der Waals surface area contributed by atoms with Gasteiger partial charge in [-0.2, -0.15) is 18.3 Å². The van der Waals surface area contributed by atoms with Gasteiger partial charge in [-0.05, 0) is 54.3 Å². The van der Waals surface area contributed by atoms with Crippen LogP contribution in [-0.4, -0.2) is 38.1 Å². The molecule has 1 aliphatic carbocycles. The van der Waals surface area contributed by atoms with Crippen LogP contribution in [0.15, 0.2) is 59.7 Å². The van der Waals surface area contributed by atoms with Gasteiger partial charge in [0.1, 0.15) is 29.7 Å². The Balaban J connectivity index is 1.61. The lowest BCUT2D eigenvalue weighted by atomic mass is 9.94. The van der Waals surface area contributed by atoms with Crippen LogP contribution in [0.2, 0.25) is 0 Å². The Kier molecular flexibility index (Phi) is 8.17. The van der Waals surface area contributed by atoms with Gasteiger partial charge in [-0.3, -0.25) is 24.0 Å². The third-order valence-corrected chi connectivity index (χ3v) is 6.88. The van der Waals surface area contributed by atoms with E-state index in [0.717, 1.165) is 24.3 Å². The van der Waals surface area contributed by atoms with E-state index in [0.29, 0.717) is 10.7 Å². The number of amides is 2. The van der Waals surface area contributed by atoms with Crippen molar-refractivity contribution in [2.24, 2.45) is 10.7 Å². The van der Waals surface area contributed by atoms with Crippen LogP contribution < -0.4 is 5.73 Å². The molecule has 0 radical (unpaired) electrons. The summed E-state index contributed by atoms with van der Waals surface area (Å²) in [5, 5.41) is 3.53. The topological polar surface area (TPSA) is 120 Å². The van der Waals surface area contributed by atoms with Gasteiger partial charge in [0.2, 0.25) is 0 Å². The summed E-state index contributed by atoms with van der Waals surface area (Å²) < 4.78 is 84.0. The molecule has 2 amide bonds. The maximum Gasteiger partial charge on any atom is 0.435 e. The summed E-state index contributed by atoms with van der Waals surface area (Å²) in [6.07, 6.45) is -3.80. The number of aromatic nitrogens is 3. The number of primary amides is 1. The number of alkyl halides is 3. The van der Waals surface area contributed by atoms with Crippen LogP contribution in [0, 0.1) is 17.5 Å². The van der Waals surface area contributed by atoms with Gasteiger partial charge in [0, 0.05) is 36.2 Å². The third-order valence-electron chi connectivity index (χ3n) is 6.88. The molecule has 0 unspecified atom stereocenters. The number of hydrogen-bond acceptors (Lipinski definition) is 5. The minimum absolute atomic E-state index is 0.0119. The Hall–Kier alpha value is -5.14. The number of benzene rings is 2. The predicted octanol–water partition coefficient (Wildman–Crippen LogP) is 5.26. The molecule has 226 valence electrons. The van der Waals surface area contributed by atoms with Crippen molar-refractivity contribution in [2.45, 2.75) is 38.4 Å². The van der Waals surface area contributed by atoms with Crippen LogP contribution in [0.4, 0.5) is 26.3 Å². The van der Waals surface area contributed by atoms with Gasteiger partial charge in [0.15, 0.2) is 11.5 Å². The molecule has 0 aliphatic heterocycles. The second-order valence-electron chi connectivity index (χ2n) is 9.97. The van der Waals surface area contributed by atoms with E-state index < -0.39 is 59.0 Å². The smallest absolute Gasteiger partial charge is 0.366 e. The highest BCUT2D eigenvalue weighted by molar-refractivity contribution is 6.10. The number of fused-ring (bicyclic) bond motifs is 1. The van der Waals surface area contributed by atoms with Crippen molar-refractivity contribution in [3.05, 3.63) is 106 Å². The monoisotopic (exact) mass is 613 g/mol. The molecule has 4 aromatic rings. The van der Waals surface area contributed by atoms with Gasteiger partial charge in [0.05, 0.1) is 17.0 Å². The van der Waals surface area contributed by atoms with Gasteiger partial charge in [0.25, 0.3) is 11.8 Å². The number of nitrogens with zero attached hydrogens (tertiary/aromatic N) is 4. The lowest BCUT2D eigenvalue weighted by Gasteiger charge is -2.14. The third kappa shape index (κ3) is 6.28. The minimum Gasteiger partial charge on any atom is -0.366 e. The first-order chi connectivity index (χ1) is 20.8. The Morgan fingerprint density at radius 1 is 1.00 bits per heavy atom. The van der Waals surface area contributed by atoms with Crippen molar-refractivity contribution in [3.8, 4) is 11.1 Å². The molecule has 0 spiro atoms. The SMILES string of the molecule is NC(=O)c1cc(-c2cccnc2C(Cc2cc(F)cc(F)c2)=NC(=O)Cn2nc(C(F)(F)F)c3c2C(=O)CCC3)ccc1F. The maximum absolute atomic E-state index is 14.2. The molecule has 44 heavy (non-hydrogen) atoms. The Morgan fingerprint density at radius 2 is 1.73 bits per heavy atom. The number of pyridine rings is 1.